The molecule has 2 heterocycles. The Morgan fingerprint density at radius 1 is 1.08 bits per heavy atom. The van der Waals surface area contributed by atoms with Gasteiger partial charge in [-0.3, -0.25) is 0 Å². The Balaban J connectivity index is 1.88. The van der Waals surface area contributed by atoms with E-state index in [-0.39, 0.29) is 5.54 Å². The van der Waals surface area contributed by atoms with E-state index in [1.165, 1.54) is 33.4 Å². The quantitative estimate of drug-likeness (QED) is 0.594. The Morgan fingerprint density at radius 3 is 2.71 bits per heavy atom. The fraction of sp³-hybridized carbons (Fsp3) is 0.318. The smallest absolute Gasteiger partial charge is 0.150 e. The van der Waals surface area contributed by atoms with Crippen molar-refractivity contribution in [3.8, 4) is 11.1 Å². The third-order valence-corrected chi connectivity index (χ3v) is 6.05. The first-order valence-corrected chi connectivity index (χ1v) is 8.96. The first-order valence-electron chi connectivity index (χ1n) is 8.96. The zero-order chi connectivity index (χ0) is 16.5. The van der Waals surface area contributed by atoms with Gasteiger partial charge in [0.25, 0.3) is 0 Å². The maximum absolute atomic E-state index is 2.45. The molecule has 2 aromatic carbocycles. The van der Waals surface area contributed by atoms with Gasteiger partial charge in [-0.1, -0.05) is 43.3 Å². The zero-order valence-corrected chi connectivity index (χ0v) is 14.6. The molecule has 0 bridgehead atoms. The largest absolute Gasteiger partial charge is 0.212 e. The van der Waals surface area contributed by atoms with E-state index in [1.54, 1.807) is 0 Å². The summed E-state index contributed by atoms with van der Waals surface area (Å²) in [6.45, 7) is 6.92. The van der Waals surface area contributed by atoms with Gasteiger partial charge in [0.2, 0.25) is 6.04 Å². The fourth-order valence-electron chi connectivity index (χ4n) is 4.88. The Hall–Kier alpha value is -2.35. The molecule has 0 fully saturated rings. The lowest BCUT2D eigenvalue weighted by Gasteiger charge is -2.38. The van der Waals surface area contributed by atoms with Crippen molar-refractivity contribution in [2.45, 2.75) is 45.2 Å². The van der Waals surface area contributed by atoms with Crippen LogP contribution in [-0.4, -0.2) is 4.68 Å². The third-order valence-electron chi connectivity index (χ3n) is 6.05. The van der Waals surface area contributed by atoms with E-state index in [1.807, 2.05) is 0 Å². The second kappa shape index (κ2) is 4.60. The predicted molar refractivity (Wildman–Crippen MR) is 96.2 cm³/mol. The lowest BCUT2D eigenvalue weighted by atomic mass is 9.74. The van der Waals surface area contributed by atoms with Crippen molar-refractivity contribution in [3.63, 3.8) is 0 Å². The highest BCUT2D eigenvalue weighted by Crippen LogP contribution is 2.46. The summed E-state index contributed by atoms with van der Waals surface area (Å²) < 4.78 is 4.85. The van der Waals surface area contributed by atoms with Crippen LogP contribution in [0.1, 0.15) is 49.1 Å². The third kappa shape index (κ3) is 1.59. The second-order valence-corrected chi connectivity index (χ2v) is 7.56. The second-order valence-electron chi connectivity index (χ2n) is 7.56. The van der Waals surface area contributed by atoms with Crippen molar-refractivity contribution in [1.29, 1.82) is 0 Å². The summed E-state index contributed by atoms with van der Waals surface area (Å²) in [5.41, 5.74) is 8.88. The van der Waals surface area contributed by atoms with Crippen LogP contribution in [0.25, 0.3) is 11.1 Å². The maximum Gasteiger partial charge on any atom is 0.212 e. The molecule has 0 N–H and O–H groups in total. The Morgan fingerprint density at radius 2 is 1.88 bits per heavy atom. The van der Waals surface area contributed by atoms with Gasteiger partial charge < -0.3 is 0 Å². The first-order chi connectivity index (χ1) is 11.6. The standard InChI is InChI=1S/C22H23N2/c1-4-15-8-5-9-16-17-10-6-11-19-21(17)20(14-18(15)16)23-12-7-13-24(23)22(19,2)3/h5-13,20H,4,14H2,1-3H3/q+1. The van der Waals surface area contributed by atoms with E-state index in [0.717, 1.165) is 12.8 Å². The molecule has 5 rings (SSSR count). The van der Waals surface area contributed by atoms with E-state index in [4.69, 9.17) is 0 Å². The molecule has 3 aromatic rings. The number of fused-ring (bicyclic) bond motifs is 4. The Bertz CT molecular complexity index is 962. The lowest BCUT2D eigenvalue weighted by molar-refractivity contribution is -0.798. The molecule has 2 nitrogen and oxygen atoms in total. The molecule has 120 valence electrons. The van der Waals surface area contributed by atoms with Gasteiger partial charge >= 0.3 is 0 Å². The fourth-order valence-corrected chi connectivity index (χ4v) is 4.88. The van der Waals surface area contributed by atoms with E-state index in [9.17, 15) is 0 Å². The van der Waals surface area contributed by atoms with Crippen LogP contribution >= 0.6 is 0 Å². The summed E-state index contributed by atoms with van der Waals surface area (Å²) in [6.07, 6.45) is 6.65. The molecule has 1 unspecified atom stereocenters. The molecule has 1 aliphatic carbocycles. The van der Waals surface area contributed by atoms with Gasteiger partial charge in [0.1, 0.15) is 5.54 Å². The van der Waals surface area contributed by atoms with Crippen LogP contribution in [0.15, 0.2) is 54.9 Å². The Labute approximate surface area is 143 Å². The Kier molecular flexibility index (Phi) is 2.69. The summed E-state index contributed by atoms with van der Waals surface area (Å²) in [4.78, 5) is 0. The van der Waals surface area contributed by atoms with Gasteiger partial charge in [0.05, 0.1) is 6.20 Å². The van der Waals surface area contributed by atoms with E-state index in [0.29, 0.717) is 6.04 Å². The van der Waals surface area contributed by atoms with E-state index >= 15 is 0 Å². The highest BCUT2D eigenvalue weighted by Gasteiger charge is 2.46. The topological polar surface area (TPSA) is 8.81 Å². The van der Waals surface area contributed by atoms with Crippen molar-refractivity contribution in [2.24, 2.45) is 0 Å². The number of aryl methyl sites for hydroxylation is 1. The molecule has 0 saturated carbocycles. The minimum atomic E-state index is -0.0226. The average molecular weight is 315 g/mol. The highest BCUT2D eigenvalue weighted by molar-refractivity contribution is 5.76. The van der Waals surface area contributed by atoms with Crippen LogP contribution < -0.4 is 4.68 Å². The normalized spacial score (nSPS) is 19.4. The van der Waals surface area contributed by atoms with E-state index in [2.05, 4.69) is 85.0 Å². The molecule has 2 heteroatoms. The van der Waals surface area contributed by atoms with Gasteiger partial charge in [0.15, 0.2) is 6.20 Å². The van der Waals surface area contributed by atoms with E-state index < -0.39 is 0 Å². The molecular formula is C22H23N2+. The molecule has 24 heavy (non-hydrogen) atoms. The molecule has 2 aliphatic rings. The van der Waals surface area contributed by atoms with Crippen LogP contribution in [-0.2, 0) is 18.4 Å². The van der Waals surface area contributed by atoms with Crippen molar-refractivity contribution in [3.05, 3.63) is 77.1 Å². The predicted octanol–water partition coefficient (Wildman–Crippen LogP) is 4.25. The number of nitrogens with zero attached hydrogens (tertiary/aromatic N) is 2. The number of hydrogen-bond donors (Lipinski definition) is 0. The average Bonchev–Trinajstić information content (AvgIpc) is 3.10. The first kappa shape index (κ1) is 14.0. The van der Waals surface area contributed by atoms with Crippen molar-refractivity contribution >= 4 is 0 Å². The summed E-state index contributed by atoms with van der Waals surface area (Å²) >= 11 is 0. The number of benzene rings is 2. The SMILES string of the molecule is CCc1cccc2c1CC1c3c-2cccc3C(C)(C)n2ccc[n+]21. The number of aromatic nitrogens is 2. The number of hydrogen-bond acceptors (Lipinski definition) is 0. The molecule has 1 atom stereocenters. The monoisotopic (exact) mass is 315 g/mol. The van der Waals surface area contributed by atoms with Crippen molar-refractivity contribution < 1.29 is 4.68 Å². The van der Waals surface area contributed by atoms with Gasteiger partial charge in [-0.15, -0.1) is 4.68 Å². The minimum absolute atomic E-state index is 0.0226. The lowest BCUT2D eigenvalue weighted by Crippen LogP contribution is -2.59. The minimum Gasteiger partial charge on any atom is -0.150 e. The molecule has 0 spiro atoms. The molecule has 1 aromatic heterocycles. The van der Waals surface area contributed by atoms with Crippen LogP contribution in [0, 0.1) is 0 Å². The van der Waals surface area contributed by atoms with Crippen LogP contribution in [0.2, 0.25) is 0 Å². The molecule has 0 radical (unpaired) electrons. The molecular weight excluding hydrogens is 292 g/mol. The molecule has 1 aliphatic heterocycles. The van der Waals surface area contributed by atoms with Gasteiger partial charge in [-0.2, -0.15) is 4.68 Å². The maximum atomic E-state index is 2.45. The molecule has 0 saturated heterocycles. The van der Waals surface area contributed by atoms with Crippen LogP contribution in [0.4, 0.5) is 0 Å². The highest BCUT2D eigenvalue weighted by atomic mass is 15.4. The summed E-state index contributed by atoms with van der Waals surface area (Å²) in [5.74, 6) is 0. The summed E-state index contributed by atoms with van der Waals surface area (Å²) in [7, 11) is 0. The summed E-state index contributed by atoms with van der Waals surface area (Å²) in [6, 6.07) is 16.3. The summed E-state index contributed by atoms with van der Waals surface area (Å²) in [5, 5.41) is 0. The van der Waals surface area contributed by atoms with Crippen LogP contribution in [0.3, 0.4) is 0 Å². The van der Waals surface area contributed by atoms with Gasteiger partial charge in [0, 0.05) is 18.1 Å². The zero-order valence-electron chi connectivity index (χ0n) is 14.6. The van der Waals surface area contributed by atoms with Gasteiger partial charge in [-0.05, 0) is 48.1 Å². The van der Waals surface area contributed by atoms with Crippen LogP contribution in [0.5, 0.6) is 0 Å². The van der Waals surface area contributed by atoms with Crippen molar-refractivity contribution in [2.75, 3.05) is 0 Å². The van der Waals surface area contributed by atoms with Gasteiger partial charge in [-0.25, -0.2) is 0 Å². The van der Waals surface area contributed by atoms with Crippen molar-refractivity contribution in [1.82, 2.24) is 4.68 Å². The molecule has 0 amide bonds. The number of rotatable bonds is 1.